The molecule has 1 heterocycles. The van der Waals surface area contributed by atoms with Gasteiger partial charge < -0.3 is 4.90 Å². The first-order valence-corrected chi connectivity index (χ1v) is 9.42. The van der Waals surface area contributed by atoms with Crippen molar-refractivity contribution in [2.75, 3.05) is 30.2 Å². The van der Waals surface area contributed by atoms with Gasteiger partial charge in [0.2, 0.25) is 10.0 Å². The van der Waals surface area contributed by atoms with E-state index >= 15 is 0 Å². The molecule has 22 heavy (non-hydrogen) atoms. The number of hydrogen-bond acceptors (Lipinski definition) is 3. The van der Waals surface area contributed by atoms with Crippen molar-refractivity contribution in [3.05, 3.63) is 29.8 Å². The highest BCUT2D eigenvalue weighted by atomic mass is 32.2. The molecular weight excluding hydrogens is 300 g/mol. The van der Waals surface area contributed by atoms with Crippen LogP contribution in [0.15, 0.2) is 24.3 Å². The number of carbonyl (C=O) groups excluding carboxylic acids is 1. The fourth-order valence-electron chi connectivity index (χ4n) is 2.65. The van der Waals surface area contributed by atoms with E-state index in [0.29, 0.717) is 11.3 Å². The normalized spacial score (nSPS) is 16.2. The number of rotatable bonds is 4. The molecule has 1 aliphatic heterocycles. The van der Waals surface area contributed by atoms with Crippen molar-refractivity contribution in [2.45, 2.75) is 32.6 Å². The van der Waals surface area contributed by atoms with E-state index < -0.39 is 10.0 Å². The van der Waals surface area contributed by atoms with Crippen LogP contribution in [0.3, 0.4) is 0 Å². The fraction of sp³-hybridized carbons (Fsp3) is 0.562. The zero-order chi connectivity index (χ0) is 16.2. The maximum absolute atomic E-state index is 12.6. The van der Waals surface area contributed by atoms with Gasteiger partial charge >= 0.3 is 0 Å². The average Bonchev–Trinajstić information content (AvgIpc) is 2.82. The van der Waals surface area contributed by atoms with Gasteiger partial charge in [-0.2, -0.15) is 0 Å². The zero-order valence-electron chi connectivity index (χ0n) is 13.3. The second-order valence-corrected chi connectivity index (χ2v) is 7.91. The van der Waals surface area contributed by atoms with Crippen molar-refractivity contribution in [3.8, 4) is 0 Å². The van der Waals surface area contributed by atoms with Crippen LogP contribution in [0.25, 0.3) is 0 Å². The van der Waals surface area contributed by atoms with Crippen LogP contribution in [0.4, 0.5) is 5.69 Å². The third-order valence-electron chi connectivity index (χ3n) is 4.13. The summed E-state index contributed by atoms with van der Waals surface area (Å²) >= 11 is 0. The Morgan fingerprint density at radius 2 is 1.82 bits per heavy atom. The largest absolute Gasteiger partial charge is 0.339 e. The van der Waals surface area contributed by atoms with Gasteiger partial charge in [-0.1, -0.05) is 18.9 Å². The molecule has 5 nitrogen and oxygen atoms in total. The molecular formula is C16H24N2O3S. The average molecular weight is 324 g/mol. The van der Waals surface area contributed by atoms with Crippen molar-refractivity contribution in [1.29, 1.82) is 0 Å². The first kappa shape index (κ1) is 16.8. The van der Waals surface area contributed by atoms with Crippen LogP contribution in [0.2, 0.25) is 0 Å². The van der Waals surface area contributed by atoms with Gasteiger partial charge in [-0.3, -0.25) is 9.10 Å². The van der Waals surface area contributed by atoms with Crippen LogP contribution >= 0.6 is 0 Å². The lowest BCUT2D eigenvalue weighted by Gasteiger charge is -2.22. The maximum Gasteiger partial charge on any atom is 0.253 e. The van der Waals surface area contributed by atoms with Crippen LogP contribution in [0.1, 0.15) is 43.0 Å². The Hall–Kier alpha value is -1.56. The Kier molecular flexibility index (Phi) is 5.45. The van der Waals surface area contributed by atoms with Gasteiger partial charge in [-0.15, -0.1) is 0 Å². The summed E-state index contributed by atoms with van der Waals surface area (Å²) in [5, 5.41) is 0. The van der Waals surface area contributed by atoms with Crippen molar-refractivity contribution >= 4 is 21.6 Å². The Morgan fingerprint density at radius 1 is 1.18 bits per heavy atom. The van der Waals surface area contributed by atoms with Crippen LogP contribution in [0.5, 0.6) is 0 Å². The topological polar surface area (TPSA) is 57.7 Å². The molecule has 1 aromatic carbocycles. The molecule has 0 aromatic heterocycles. The Balaban J connectivity index is 2.22. The highest BCUT2D eigenvalue weighted by Crippen LogP contribution is 2.20. The van der Waals surface area contributed by atoms with Crippen molar-refractivity contribution in [1.82, 2.24) is 4.90 Å². The Labute approximate surface area is 133 Å². The van der Waals surface area contributed by atoms with Crippen LogP contribution < -0.4 is 4.31 Å². The molecule has 1 aromatic rings. The van der Waals surface area contributed by atoms with Crippen molar-refractivity contribution in [3.63, 3.8) is 0 Å². The minimum Gasteiger partial charge on any atom is -0.339 e. The summed E-state index contributed by atoms with van der Waals surface area (Å²) in [6.07, 6.45) is 4.41. The summed E-state index contributed by atoms with van der Waals surface area (Å²) in [5.74, 6) is 0.0272. The van der Waals surface area contributed by atoms with Gasteiger partial charge in [-0.25, -0.2) is 8.42 Å². The quantitative estimate of drug-likeness (QED) is 0.855. The first-order valence-electron chi connectivity index (χ1n) is 7.81. The highest BCUT2D eigenvalue weighted by molar-refractivity contribution is 7.92. The van der Waals surface area contributed by atoms with E-state index in [4.69, 9.17) is 0 Å². The predicted molar refractivity (Wildman–Crippen MR) is 88.7 cm³/mol. The molecule has 0 aliphatic carbocycles. The lowest BCUT2D eigenvalue weighted by Crippen LogP contribution is -2.32. The summed E-state index contributed by atoms with van der Waals surface area (Å²) in [4.78, 5) is 14.5. The van der Waals surface area contributed by atoms with Crippen molar-refractivity contribution < 1.29 is 13.2 Å². The van der Waals surface area contributed by atoms with Gasteiger partial charge in [0.05, 0.1) is 11.4 Å². The van der Waals surface area contributed by atoms with E-state index in [0.717, 1.165) is 25.9 Å². The van der Waals surface area contributed by atoms with Crippen LogP contribution in [-0.2, 0) is 10.0 Å². The first-order chi connectivity index (χ1) is 10.5. The number of anilines is 1. The zero-order valence-corrected chi connectivity index (χ0v) is 14.1. The molecule has 0 radical (unpaired) electrons. The van der Waals surface area contributed by atoms with E-state index in [2.05, 4.69) is 0 Å². The number of amides is 1. The second kappa shape index (κ2) is 7.13. The Morgan fingerprint density at radius 3 is 2.41 bits per heavy atom. The molecule has 2 rings (SSSR count). The van der Waals surface area contributed by atoms with Gasteiger partial charge in [0.1, 0.15) is 0 Å². The van der Waals surface area contributed by atoms with Crippen molar-refractivity contribution in [2.24, 2.45) is 0 Å². The fourth-order valence-corrected chi connectivity index (χ4v) is 3.47. The van der Waals surface area contributed by atoms with E-state index in [1.54, 1.807) is 31.2 Å². The van der Waals surface area contributed by atoms with E-state index in [-0.39, 0.29) is 11.7 Å². The third kappa shape index (κ3) is 3.80. The maximum atomic E-state index is 12.6. The molecule has 1 fully saturated rings. The lowest BCUT2D eigenvalue weighted by atomic mass is 10.1. The molecule has 0 spiro atoms. The SMILES string of the molecule is CCS(=O)(=O)N(C)c1cccc(C(=O)N2CCCCCC2)c1. The monoisotopic (exact) mass is 324 g/mol. The number of carbonyl (C=O) groups is 1. The minimum absolute atomic E-state index is 0.00829. The van der Waals surface area contributed by atoms with E-state index in [9.17, 15) is 13.2 Å². The van der Waals surface area contributed by atoms with Gasteiger partial charge in [0, 0.05) is 25.7 Å². The number of likely N-dealkylation sites (tertiary alicyclic amines) is 1. The smallest absolute Gasteiger partial charge is 0.253 e. The number of sulfonamides is 1. The van der Waals surface area contributed by atoms with Gasteiger partial charge in [0.25, 0.3) is 5.91 Å². The minimum atomic E-state index is -3.32. The molecule has 0 bridgehead atoms. The second-order valence-electron chi connectivity index (χ2n) is 5.62. The molecule has 1 aliphatic rings. The highest BCUT2D eigenvalue weighted by Gasteiger charge is 2.20. The molecule has 0 N–H and O–H groups in total. The molecule has 1 saturated heterocycles. The number of hydrogen-bond donors (Lipinski definition) is 0. The summed E-state index contributed by atoms with van der Waals surface area (Å²) in [5.41, 5.74) is 1.08. The molecule has 6 heteroatoms. The number of nitrogens with zero attached hydrogens (tertiary/aromatic N) is 2. The van der Waals surface area contributed by atoms with E-state index in [1.807, 2.05) is 4.90 Å². The van der Waals surface area contributed by atoms with Gasteiger partial charge in [-0.05, 0) is 38.0 Å². The number of benzene rings is 1. The molecule has 122 valence electrons. The van der Waals surface area contributed by atoms with Crippen LogP contribution in [0, 0.1) is 0 Å². The molecule has 0 unspecified atom stereocenters. The summed E-state index contributed by atoms with van der Waals surface area (Å²) < 4.78 is 25.2. The summed E-state index contributed by atoms with van der Waals surface area (Å²) in [7, 11) is -1.79. The standard InChI is InChI=1S/C16H24N2O3S/c1-3-22(20,21)17(2)15-10-8-9-14(13-15)16(19)18-11-6-4-5-7-12-18/h8-10,13H,3-7,11-12H2,1-2H3. The summed E-state index contributed by atoms with van der Waals surface area (Å²) in [6.45, 7) is 3.18. The predicted octanol–water partition coefficient (Wildman–Crippen LogP) is 2.49. The lowest BCUT2D eigenvalue weighted by molar-refractivity contribution is 0.0761. The van der Waals surface area contributed by atoms with E-state index in [1.165, 1.54) is 24.2 Å². The summed E-state index contributed by atoms with van der Waals surface area (Å²) in [6, 6.07) is 6.87. The molecule has 1 amide bonds. The molecule has 0 atom stereocenters. The Bertz CT molecular complexity index is 620. The third-order valence-corrected chi connectivity index (χ3v) is 5.91. The van der Waals surface area contributed by atoms with Gasteiger partial charge in [0.15, 0.2) is 0 Å². The van der Waals surface area contributed by atoms with Crippen LogP contribution in [-0.4, -0.2) is 45.1 Å². The molecule has 0 saturated carbocycles.